The Balaban J connectivity index is 2.00. The van der Waals surface area contributed by atoms with Crippen molar-refractivity contribution in [3.05, 3.63) is 58.3 Å². The Kier molecular flexibility index (Phi) is 6.74. The molecular weight excluding hydrogens is 403 g/mol. The van der Waals surface area contributed by atoms with Gasteiger partial charge in [-0.1, -0.05) is 12.1 Å². The molecule has 0 heterocycles. The van der Waals surface area contributed by atoms with Gasteiger partial charge in [0.25, 0.3) is 5.91 Å². The Hall–Kier alpha value is -2.41. The van der Waals surface area contributed by atoms with E-state index in [0.29, 0.717) is 15.9 Å². The summed E-state index contributed by atoms with van der Waals surface area (Å²) in [6.07, 6.45) is -0.766. The van der Waals surface area contributed by atoms with Gasteiger partial charge in [0.1, 0.15) is 11.6 Å². The summed E-state index contributed by atoms with van der Waals surface area (Å²) in [7, 11) is 0. The molecule has 2 aromatic carbocycles. The summed E-state index contributed by atoms with van der Waals surface area (Å²) in [6.45, 7) is 4.89. The Labute approximate surface area is 160 Å². The van der Waals surface area contributed by atoms with Crippen molar-refractivity contribution >= 4 is 33.4 Å². The second-order valence-corrected chi connectivity index (χ2v) is 6.73. The first-order chi connectivity index (χ1) is 12.3. The smallest absolute Gasteiger partial charge is 0.261 e. The van der Waals surface area contributed by atoms with Crippen LogP contribution in [0, 0.1) is 5.82 Å². The highest BCUT2D eigenvalue weighted by molar-refractivity contribution is 9.10. The van der Waals surface area contributed by atoms with Gasteiger partial charge in [0, 0.05) is 12.6 Å². The third kappa shape index (κ3) is 5.56. The predicted molar refractivity (Wildman–Crippen MR) is 101 cm³/mol. The lowest BCUT2D eigenvalue weighted by Gasteiger charge is -2.20. The molecule has 0 fully saturated rings. The Bertz CT molecular complexity index is 813. The summed E-state index contributed by atoms with van der Waals surface area (Å²) in [5, 5.41) is 5.57. The van der Waals surface area contributed by atoms with Crippen molar-refractivity contribution in [2.24, 2.45) is 0 Å². The molecule has 0 aromatic heterocycles. The molecule has 2 atom stereocenters. The molecule has 0 aliphatic heterocycles. The van der Waals surface area contributed by atoms with Crippen LogP contribution in [0.2, 0.25) is 0 Å². The molecule has 7 heteroatoms. The normalized spacial score (nSPS) is 12.8. The molecule has 2 rings (SSSR count). The predicted octanol–water partition coefficient (Wildman–Crippen LogP) is 4.19. The van der Waals surface area contributed by atoms with Gasteiger partial charge in [0.2, 0.25) is 5.91 Å². The number of carbonyl (C=O) groups is 2. The average Bonchev–Trinajstić information content (AvgIpc) is 2.56. The highest BCUT2D eigenvalue weighted by atomic mass is 79.9. The van der Waals surface area contributed by atoms with Crippen LogP contribution in [0.15, 0.2) is 46.9 Å². The van der Waals surface area contributed by atoms with E-state index in [0.717, 1.165) is 5.56 Å². The first-order valence-electron chi connectivity index (χ1n) is 8.06. The van der Waals surface area contributed by atoms with Crippen molar-refractivity contribution in [3.8, 4) is 5.75 Å². The van der Waals surface area contributed by atoms with E-state index in [9.17, 15) is 14.0 Å². The van der Waals surface area contributed by atoms with Crippen LogP contribution in [0.3, 0.4) is 0 Å². The number of nitrogens with one attached hydrogen (secondary N) is 2. The quantitative estimate of drug-likeness (QED) is 0.732. The summed E-state index contributed by atoms with van der Waals surface area (Å²) < 4.78 is 19.2. The number of benzene rings is 2. The van der Waals surface area contributed by atoms with E-state index in [2.05, 4.69) is 26.6 Å². The number of carbonyl (C=O) groups excluding carboxylic acids is 2. The molecule has 2 aromatic rings. The van der Waals surface area contributed by atoms with Crippen molar-refractivity contribution in [3.63, 3.8) is 0 Å². The van der Waals surface area contributed by atoms with Crippen LogP contribution < -0.4 is 15.4 Å². The number of anilines is 1. The van der Waals surface area contributed by atoms with Crippen molar-refractivity contribution in [2.45, 2.75) is 32.9 Å². The molecule has 26 heavy (non-hydrogen) atoms. The van der Waals surface area contributed by atoms with Crippen LogP contribution in [0.4, 0.5) is 10.1 Å². The van der Waals surface area contributed by atoms with Crippen LogP contribution in [0.1, 0.15) is 32.4 Å². The second kappa shape index (κ2) is 8.80. The zero-order valence-electron chi connectivity index (χ0n) is 14.7. The fraction of sp³-hybridized carbons (Fsp3) is 0.263. The van der Waals surface area contributed by atoms with Crippen LogP contribution in [-0.4, -0.2) is 17.9 Å². The molecule has 0 saturated heterocycles. The van der Waals surface area contributed by atoms with Crippen molar-refractivity contribution in [1.82, 2.24) is 5.32 Å². The van der Waals surface area contributed by atoms with Gasteiger partial charge in [-0.15, -0.1) is 0 Å². The summed E-state index contributed by atoms with van der Waals surface area (Å²) in [6, 6.07) is 11.0. The molecule has 0 bridgehead atoms. The first-order valence-corrected chi connectivity index (χ1v) is 8.85. The van der Waals surface area contributed by atoms with E-state index in [-0.39, 0.29) is 17.9 Å². The minimum Gasteiger partial charge on any atom is -0.480 e. The van der Waals surface area contributed by atoms with Crippen LogP contribution in [0.25, 0.3) is 0 Å². The van der Waals surface area contributed by atoms with Gasteiger partial charge >= 0.3 is 0 Å². The highest BCUT2D eigenvalue weighted by Crippen LogP contribution is 2.26. The van der Waals surface area contributed by atoms with Gasteiger partial charge in [0.15, 0.2) is 6.10 Å². The Morgan fingerprint density at radius 2 is 1.88 bits per heavy atom. The topological polar surface area (TPSA) is 67.4 Å². The zero-order chi connectivity index (χ0) is 19.3. The molecule has 0 aliphatic carbocycles. The molecule has 138 valence electrons. The third-order valence-corrected chi connectivity index (χ3v) is 4.25. The van der Waals surface area contributed by atoms with Crippen molar-refractivity contribution < 1.29 is 18.7 Å². The maximum Gasteiger partial charge on any atom is 0.261 e. The fourth-order valence-corrected chi connectivity index (χ4v) is 2.76. The minimum atomic E-state index is -0.766. The standard InChI is InChI=1S/C19H20BrFN2O3/c1-11(14-5-4-6-16(9-14)23-13(3)24)22-19(25)12(2)26-18-8-7-15(21)10-17(18)20/h4-12H,1-3H3,(H,22,25)(H,23,24)/t11-,12-/m1/s1. The minimum absolute atomic E-state index is 0.161. The summed E-state index contributed by atoms with van der Waals surface area (Å²) >= 11 is 3.21. The summed E-state index contributed by atoms with van der Waals surface area (Å²) in [5.41, 5.74) is 1.51. The zero-order valence-corrected chi connectivity index (χ0v) is 16.3. The van der Waals surface area contributed by atoms with Crippen LogP contribution in [0.5, 0.6) is 5.75 Å². The van der Waals surface area contributed by atoms with E-state index in [1.54, 1.807) is 25.1 Å². The Morgan fingerprint density at radius 1 is 1.15 bits per heavy atom. The molecule has 2 N–H and O–H groups in total. The lowest BCUT2D eigenvalue weighted by atomic mass is 10.1. The molecule has 0 saturated carbocycles. The van der Waals surface area contributed by atoms with Gasteiger partial charge in [-0.25, -0.2) is 4.39 Å². The Morgan fingerprint density at radius 3 is 2.54 bits per heavy atom. The molecule has 0 radical (unpaired) electrons. The summed E-state index contributed by atoms with van der Waals surface area (Å²) in [4.78, 5) is 23.5. The number of hydrogen-bond acceptors (Lipinski definition) is 3. The number of ether oxygens (including phenoxy) is 1. The van der Waals surface area contributed by atoms with Gasteiger partial charge in [-0.3, -0.25) is 9.59 Å². The molecule has 2 amide bonds. The van der Waals surface area contributed by atoms with Gasteiger partial charge in [-0.2, -0.15) is 0 Å². The molecular formula is C19H20BrFN2O3. The molecule has 0 spiro atoms. The number of rotatable bonds is 6. The van der Waals surface area contributed by atoms with Crippen LogP contribution in [-0.2, 0) is 9.59 Å². The lowest BCUT2D eigenvalue weighted by molar-refractivity contribution is -0.128. The van der Waals surface area contributed by atoms with E-state index >= 15 is 0 Å². The molecule has 0 aliphatic rings. The van der Waals surface area contributed by atoms with Crippen molar-refractivity contribution in [2.75, 3.05) is 5.32 Å². The van der Waals surface area contributed by atoms with Gasteiger partial charge < -0.3 is 15.4 Å². The third-order valence-electron chi connectivity index (χ3n) is 3.63. The highest BCUT2D eigenvalue weighted by Gasteiger charge is 2.19. The van der Waals surface area contributed by atoms with Gasteiger partial charge in [0.05, 0.1) is 10.5 Å². The van der Waals surface area contributed by atoms with E-state index in [4.69, 9.17) is 4.74 Å². The van der Waals surface area contributed by atoms with Crippen LogP contribution >= 0.6 is 15.9 Å². The lowest BCUT2D eigenvalue weighted by Crippen LogP contribution is -2.37. The fourth-order valence-electron chi connectivity index (χ4n) is 2.32. The maximum absolute atomic E-state index is 13.1. The SMILES string of the molecule is CC(=O)Nc1cccc([C@@H](C)NC(=O)[C@@H](C)Oc2ccc(F)cc2Br)c1. The molecule has 0 unspecified atom stereocenters. The average molecular weight is 423 g/mol. The second-order valence-electron chi connectivity index (χ2n) is 5.87. The van der Waals surface area contributed by atoms with E-state index in [1.165, 1.54) is 25.1 Å². The number of hydrogen-bond donors (Lipinski definition) is 2. The van der Waals surface area contributed by atoms with E-state index in [1.807, 2.05) is 13.0 Å². The first kappa shape index (κ1) is 19.9. The summed E-state index contributed by atoms with van der Waals surface area (Å²) in [5.74, 6) is -0.479. The largest absolute Gasteiger partial charge is 0.480 e. The van der Waals surface area contributed by atoms with Gasteiger partial charge in [-0.05, 0) is 65.7 Å². The van der Waals surface area contributed by atoms with Crippen molar-refractivity contribution in [1.29, 1.82) is 0 Å². The molecule has 5 nitrogen and oxygen atoms in total. The monoisotopic (exact) mass is 422 g/mol. The van der Waals surface area contributed by atoms with E-state index < -0.39 is 11.9 Å². The number of halogens is 2. The maximum atomic E-state index is 13.1. The number of amides is 2.